The topological polar surface area (TPSA) is 31.6 Å². The van der Waals surface area contributed by atoms with E-state index in [-0.39, 0.29) is 5.54 Å². The summed E-state index contributed by atoms with van der Waals surface area (Å²) in [6.07, 6.45) is 2.95. The second-order valence-corrected chi connectivity index (χ2v) is 6.24. The zero-order chi connectivity index (χ0) is 13.9. The number of nitrogens with one attached hydrogen (secondary N) is 1. The third kappa shape index (κ3) is 3.59. The Hall–Kier alpha value is -0.840. The molecule has 0 bridgehead atoms. The molecule has 1 unspecified atom stereocenters. The van der Waals surface area contributed by atoms with Crippen LogP contribution in [0.4, 0.5) is 0 Å². The van der Waals surface area contributed by atoms with Crippen molar-refractivity contribution in [1.29, 1.82) is 0 Å². The molecule has 0 amide bonds. The minimum absolute atomic E-state index is 0.194. The molecule has 1 aromatic heterocycles. The number of furan rings is 1. The van der Waals surface area contributed by atoms with Crippen molar-refractivity contribution in [2.24, 2.45) is 0 Å². The van der Waals surface area contributed by atoms with E-state index in [2.05, 4.69) is 42.1 Å². The highest BCUT2D eigenvalue weighted by molar-refractivity contribution is 5.02. The highest BCUT2D eigenvalue weighted by Crippen LogP contribution is 2.27. The van der Waals surface area contributed by atoms with Gasteiger partial charge in [0.1, 0.15) is 5.76 Å². The monoisotopic (exact) mass is 265 g/mol. The Balaban J connectivity index is 2.19. The minimum Gasteiger partial charge on any atom is -0.468 e. The van der Waals surface area contributed by atoms with Crippen molar-refractivity contribution in [2.75, 3.05) is 33.7 Å². The number of hydrogen-bond acceptors (Lipinski definition) is 4. The van der Waals surface area contributed by atoms with Crippen LogP contribution in [0.25, 0.3) is 0 Å². The van der Waals surface area contributed by atoms with Crippen molar-refractivity contribution in [3.05, 3.63) is 24.2 Å². The molecule has 0 saturated carbocycles. The summed E-state index contributed by atoms with van der Waals surface area (Å²) in [7, 11) is 4.25. The lowest BCUT2D eigenvalue weighted by molar-refractivity contribution is 0.0596. The van der Waals surface area contributed by atoms with E-state index in [1.807, 2.05) is 13.1 Å². The molecule has 1 aromatic rings. The summed E-state index contributed by atoms with van der Waals surface area (Å²) in [4.78, 5) is 5.03. The third-order valence-corrected chi connectivity index (χ3v) is 4.19. The maximum absolute atomic E-state index is 5.55. The van der Waals surface area contributed by atoms with E-state index >= 15 is 0 Å². The molecule has 4 heteroatoms. The molecular weight excluding hydrogens is 238 g/mol. The summed E-state index contributed by atoms with van der Waals surface area (Å²) in [5.41, 5.74) is 0.194. The van der Waals surface area contributed by atoms with E-state index in [1.54, 1.807) is 6.26 Å². The molecule has 1 aliphatic heterocycles. The summed E-state index contributed by atoms with van der Waals surface area (Å²) in [5, 5.41) is 3.33. The Morgan fingerprint density at radius 1 is 1.47 bits per heavy atom. The number of nitrogens with zero attached hydrogens (tertiary/aromatic N) is 2. The largest absolute Gasteiger partial charge is 0.468 e. The van der Waals surface area contributed by atoms with E-state index in [1.165, 1.54) is 6.42 Å². The molecule has 0 spiro atoms. The Labute approximate surface area is 116 Å². The summed E-state index contributed by atoms with van der Waals surface area (Å²) in [6.45, 7) is 8.84. The molecule has 1 atom stereocenters. The molecule has 0 aromatic carbocycles. The number of likely N-dealkylation sites (N-methyl/N-ethyl adjacent to an activating group) is 2. The van der Waals surface area contributed by atoms with Crippen LogP contribution in [-0.4, -0.2) is 55.1 Å². The van der Waals surface area contributed by atoms with Gasteiger partial charge in [0.2, 0.25) is 0 Å². The second kappa shape index (κ2) is 6.07. The van der Waals surface area contributed by atoms with Crippen molar-refractivity contribution < 1.29 is 4.42 Å². The molecule has 19 heavy (non-hydrogen) atoms. The highest BCUT2D eigenvalue weighted by Gasteiger charge is 2.36. The first-order chi connectivity index (χ1) is 9.03. The average molecular weight is 265 g/mol. The van der Waals surface area contributed by atoms with E-state index < -0.39 is 0 Å². The van der Waals surface area contributed by atoms with Gasteiger partial charge in [0.15, 0.2) is 0 Å². The maximum atomic E-state index is 5.55. The van der Waals surface area contributed by atoms with Crippen LogP contribution in [0.5, 0.6) is 0 Å². The predicted molar refractivity (Wildman–Crippen MR) is 78.2 cm³/mol. The van der Waals surface area contributed by atoms with Gasteiger partial charge in [-0.25, -0.2) is 0 Å². The van der Waals surface area contributed by atoms with Crippen molar-refractivity contribution in [1.82, 2.24) is 15.1 Å². The van der Waals surface area contributed by atoms with Gasteiger partial charge in [0.05, 0.1) is 12.8 Å². The number of hydrogen-bond donors (Lipinski definition) is 1. The van der Waals surface area contributed by atoms with Crippen molar-refractivity contribution in [3.8, 4) is 0 Å². The van der Waals surface area contributed by atoms with Crippen molar-refractivity contribution >= 4 is 0 Å². The fourth-order valence-corrected chi connectivity index (χ4v) is 2.98. The summed E-state index contributed by atoms with van der Waals surface area (Å²) in [6, 6.07) is 4.55. The smallest absolute Gasteiger partial charge is 0.117 e. The van der Waals surface area contributed by atoms with Crippen LogP contribution in [-0.2, 0) is 6.54 Å². The fourth-order valence-electron chi connectivity index (χ4n) is 2.98. The lowest BCUT2D eigenvalue weighted by atomic mass is 9.96. The van der Waals surface area contributed by atoms with Gasteiger partial charge in [0, 0.05) is 24.7 Å². The Morgan fingerprint density at radius 3 is 2.89 bits per heavy atom. The van der Waals surface area contributed by atoms with Gasteiger partial charge in [-0.05, 0) is 53.0 Å². The van der Waals surface area contributed by atoms with Gasteiger partial charge < -0.3 is 14.6 Å². The van der Waals surface area contributed by atoms with Crippen LogP contribution < -0.4 is 5.32 Å². The molecule has 1 N–H and O–H groups in total. The first-order valence-corrected chi connectivity index (χ1v) is 7.15. The third-order valence-electron chi connectivity index (χ3n) is 4.19. The van der Waals surface area contributed by atoms with Gasteiger partial charge in [-0.2, -0.15) is 0 Å². The second-order valence-electron chi connectivity index (χ2n) is 6.24. The molecule has 1 saturated heterocycles. The zero-order valence-electron chi connectivity index (χ0n) is 12.6. The van der Waals surface area contributed by atoms with Gasteiger partial charge in [-0.3, -0.25) is 4.90 Å². The summed E-state index contributed by atoms with van der Waals surface area (Å²) >= 11 is 0. The van der Waals surface area contributed by atoms with Crippen molar-refractivity contribution in [3.63, 3.8) is 0 Å². The van der Waals surface area contributed by atoms with E-state index in [9.17, 15) is 0 Å². The van der Waals surface area contributed by atoms with Crippen LogP contribution in [0.2, 0.25) is 0 Å². The normalized spacial score (nSPS) is 25.4. The van der Waals surface area contributed by atoms with Crippen molar-refractivity contribution in [2.45, 2.75) is 38.4 Å². The summed E-state index contributed by atoms with van der Waals surface area (Å²) in [5.74, 6) is 1.05. The molecule has 4 nitrogen and oxygen atoms in total. The van der Waals surface area contributed by atoms with Crippen LogP contribution in [0.1, 0.15) is 26.0 Å². The first-order valence-electron chi connectivity index (χ1n) is 7.15. The zero-order valence-corrected chi connectivity index (χ0v) is 12.6. The Morgan fingerprint density at radius 2 is 2.26 bits per heavy atom. The molecular formula is C15H27N3O. The number of rotatable bonds is 4. The summed E-state index contributed by atoms with van der Waals surface area (Å²) < 4.78 is 5.55. The molecule has 0 radical (unpaired) electrons. The van der Waals surface area contributed by atoms with E-state index in [0.717, 1.165) is 31.9 Å². The average Bonchev–Trinajstić information content (AvgIpc) is 2.82. The maximum Gasteiger partial charge on any atom is 0.117 e. The van der Waals surface area contributed by atoms with E-state index in [4.69, 9.17) is 4.42 Å². The first kappa shape index (κ1) is 14.6. The Kier molecular flexibility index (Phi) is 4.66. The standard InChI is InChI=1S/C15H27N3O/c1-15(2)7-8-17(4)11-13(10-16-3)18(15)12-14-6-5-9-19-14/h5-6,9,13,16H,7-8,10-12H2,1-4H3. The molecule has 0 aliphatic carbocycles. The lowest BCUT2D eigenvalue weighted by Crippen LogP contribution is -2.53. The molecule has 1 aliphatic rings. The van der Waals surface area contributed by atoms with Crippen LogP contribution >= 0.6 is 0 Å². The van der Waals surface area contributed by atoms with Gasteiger partial charge in [0.25, 0.3) is 0 Å². The van der Waals surface area contributed by atoms with Crippen LogP contribution in [0, 0.1) is 0 Å². The highest BCUT2D eigenvalue weighted by atomic mass is 16.3. The molecule has 2 rings (SSSR count). The quantitative estimate of drug-likeness (QED) is 0.899. The minimum atomic E-state index is 0.194. The van der Waals surface area contributed by atoms with Gasteiger partial charge in [-0.1, -0.05) is 0 Å². The van der Waals surface area contributed by atoms with Crippen LogP contribution in [0.15, 0.2) is 22.8 Å². The molecule has 108 valence electrons. The Bertz CT molecular complexity index is 375. The van der Waals surface area contributed by atoms with E-state index in [0.29, 0.717) is 6.04 Å². The lowest BCUT2D eigenvalue weighted by Gasteiger charge is -2.41. The fraction of sp³-hybridized carbons (Fsp3) is 0.733. The van der Waals surface area contributed by atoms with Crippen LogP contribution in [0.3, 0.4) is 0 Å². The predicted octanol–water partition coefficient (Wildman–Crippen LogP) is 1.78. The van der Waals surface area contributed by atoms with Gasteiger partial charge in [-0.15, -0.1) is 0 Å². The molecule has 2 heterocycles. The SMILES string of the molecule is CNCC1CN(C)CCC(C)(C)N1Cc1ccco1. The molecule has 1 fully saturated rings. The van der Waals surface area contributed by atoms with Gasteiger partial charge >= 0.3 is 0 Å².